The number of anilines is 2. The van der Waals surface area contributed by atoms with E-state index in [0.29, 0.717) is 25.5 Å². The number of nitrogens with zero attached hydrogens (tertiary/aromatic N) is 3. The van der Waals surface area contributed by atoms with Crippen LogP contribution in [0.15, 0.2) is 72.8 Å². The van der Waals surface area contributed by atoms with Crippen LogP contribution in [0.2, 0.25) is 0 Å². The van der Waals surface area contributed by atoms with Gasteiger partial charge < -0.3 is 14.5 Å². The molecule has 5 heteroatoms. The van der Waals surface area contributed by atoms with E-state index in [9.17, 15) is 4.79 Å². The fourth-order valence-electron chi connectivity index (χ4n) is 5.34. The average Bonchev–Trinajstić information content (AvgIpc) is 2.93. The summed E-state index contributed by atoms with van der Waals surface area (Å²) in [6.45, 7) is 11.2. The van der Waals surface area contributed by atoms with Gasteiger partial charge in [-0.1, -0.05) is 61.0 Å². The van der Waals surface area contributed by atoms with Crippen molar-refractivity contribution in [2.24, 2.45) is 5.92 Å². The summed E-state index contributed by atoms with van der Waals surface area (Å²) in [5.41, 5.74) is 5.95. The third-order valence-corrected chi connectivity index (χ3v) is 7.71. The van der Waals surface area contributed by atoms with Crippen LogP contribution in [0.3, 0.4) is 0 Å². The Hall–Kier alpha value is -3.31. The summed E-state index contributed by atoms with van der Waals surface area (Å²) >= 11 is 0. The zero-order valence-electron chi connectivity index (χ0n) is 22.2. The number of rotatable bonds is 9. The molecule has 0 spiro atoms. The van der Waals surface area contributed by atoms with Crippen LogP contribution >= 0.6 is 0 Å². The van der Waals surface area contributed by atoms with E-state index in [0.717, 1.165) is 68.1 Å². The number of hydrogen-bond donors (Lipinski definition) is 0. The molecular weight excluding hydrogens is 458 g/mol. The Balaban J connectivity index is 1.11. The highest BCUT2D eigenvalue weighted by Crippen LogP contribution is 2.36. The van der Waals surface area contributed by atoms with E-state index in [1.165, 1.54) is 11.3 Å². The van der Waals surface area contributed by atoms with Crippen molar-refractivity contribution in [1.29, 1.82) is 0 Å². The van der Waals surface area contributed by atoms with E-state index in [1.807, 2.05) is 29.2 Å². The summed E-state index contributed by atoms with van der Waals surface area (Å²) in [6, 6.07) is 25.2. The topological polar surface area (TPSA) is 36.0 Å². The van der Waals surface area contributed by atoms with Crippen LogP contribution in [0, 0.1) is 12.8 Å². The molecule has 0 radical (unpaired) electrons. The molecule has 194 valence electrons. The number of amides is 1. The van der Waals surface area contributed by atoms with Crippen molar-refractivity contribution in [3.05, 3.63) is 89.5 Å². The maximum atomic E-state index is 12.8. The van der Waals surface area contributed by atoms with E-state index >= 15 is 0 Å². The second-order valence-electron chi connectivity index (χ2n) is 10.6. The van der Waals surface area contributed by atoms with Crippen LogP contribution in [0.1, 0.15) is 36.5 Å². The SMILES string of the molecule is Cc1ccc(N2CCN(CCC(C)COc3cccc4c3CCC(=O)N4Cc3ccccc3)CC2)cc1. The van der Waals surface area contributed by atoms with E-state index in [1.54, 1.807) is 0 Å². The van der Waals surface area contributed by atoms with E-state index in [4.69, 9.17) is 4.74 Å². The lowest BCUT2D eigenvalue weighted by Gasteiger charge is -2.36. The first-order chi connectivity index (χ1) is 18.1. The molecule has 0 saturated carbocycles. The van der Waals surface area contributed by atoms with Gasteiger partial charge in [0.1, 0.15) is 5.75 Å². The molecule has 0 N–H and O–H groups in total. The predicted molar refractivity (Wildman–Crippen MR) is 152 cm³/mol. The molecule has 3 aromatic carbocycles. The van der Waals surface area contributed by atoms with Crippen molar-refractivity contribution in [2.75, 3.05) is 49.1 Å². The first kappa shape index (κ1) is 25.3. The Morgan fingerprint density at radius 3 is 2.38 bits per heavy atom. The molecule has 2 heterocycles. The number of aryl methyl sites for hydroxylation is 1. The number of ether oxygens (including phenoxy) is 1. The number of piperazine rings is 1. The smallest absolute Gasteiger partial charge is 0.227 e. The maximum Gasteiger partial charge on any atom is 0.227 e. The second-order valence-corrected chi connectivity index (χ2v) is 10.6. The molecule has 2 aliphatic rings. The zero-order chi connectivity index (χ0) is 25.6. The summed E-state index contributed by atoms with van der Waals surface area (Å²) < 4.78 is 6.36. The number of benzene rings is 3. The van der Waals surface area contributed by atoms with Gasteiger partial charge in [-0.25, -0.2) is 0 Å². The molecule has 1 saturated heterocycles. The lowest BCUT2D eigenvalue weighted by atomic mass is 9.99. The molecule has 1 amide bonds. The third kappa shape index (κ3) is 6.34. The van der Waals surface area contributed by atoms with Crippen LogP contribution < -0.4 is 14.5 Å². The van der Waals surface area contributed by atoms with Crippen molar-refractivity contribution >= 4 is 17.3 Å². The van der Waals surface area contributed by atoms with Gasteiger partial charge in [0.25, 0.3) is 0 Å². The third-order valence-electron chi connectivity index (χ3n) is 7.71. The summed E-state index contributed by atoms with van der Waals surface area (Å²) in [6.07, 6.45) is 2.40. The lowest BCUT2D eigenvalue weighted by molar-refractivity contribution is -0.119. The maximum absolute atomic E-state index is 12.8. The Bertz CT molecular complexity index is 1170. The first-order valence-electron chi connectivity index (χ1n) is 13.7. The van der Waals surface area contributed by atoms with Gasteiger partial charge in [0.15, 0.2) is 0 Å². The highest BCUT2D eigenvalue weighted by molar-refractivity contribution is 5.96. The monoisotopic (exact) mass is 497 g/mol. The van der Waals surface area contributed by atoms with Gasteiger partial charge in [0, 0.05) is 43.9 Å². The molecule has 0 bridgehead atoms. The van der Waals surface area contributed by atoms with Crippen molar-refractivity contribution in [3.8, 4) is 5.75 Å². The van der Waals surface area contributed by atoms with E-state index in [-0.39, 0.29) is 5.91 Å². The largest absolute Gasteiger partial charge is 0.493 e. The molecule has 1 atom stereocenters. The van der Waals surface area contributed by atoms with Gasteiger partial charge in [0.05, 0.1) is 18.8 Å². The van der Waals surface area contributed by atoms with Crippen LogP contribution in [0.4, 0.5) is 11.4 Å². The van der Waals surface area contributed by atoms with Gasteiger partial charge in [-0.05, 0) is 62.1 Å². The Kier molecular flexibility index (Phi) is 8.10. The predicted octanol–water partition coefficient (Wildman–Crippen LogP) is 5.70. The van der Waals surface area contributed by atoms with Crippen LogP contribution in [-0.4, -0.2) is 50.1 Å². The standard InChI is InChI=1S/C32H39N3O2/c1-25-11-13-28(14-12-25)34-21-19-33(20-22-34)18-17-26(2)24-37-31-10-6-9-30-29(31)15-16-32(36)35(30)23-27-7-4-3-5-8-27/h3-14,26H,15-24H2,1-2H3. The minimum atomic E-state index is 0.185. The summed E-state index contributed by atoms with van der Waals surface area (Å²) in [5.74, 6) is 1.59. The Labute approximate surface area is 221 Å². The van der Waals surface area contributed by atoms with Gasteiger partial charge >= 0.3 is 0 Å². The fourth-order valence-corrected chi connectivity index (χ4v) is 5.34. The molecule has 0 aliphatic carbocycles. The van der Waals surface area contributed by atoms with Crippen molar-refractivity contribution in [2.45, 2.75) is 39.7 Å². The van der Waals surface area contributed by atoms with Gasteiger partial charge in [-0.3, -0.25) is 9.69 Å². The van der Waals surface area contributed by atoms with E-state index < -0.39 is 0 Å². The summed E-state index contributed by atoms with van der Waals surface area (Å²) in [7, 11) is 0. The van der Waals surface area contributed by atoms with Crippen LogP contribution in [0.5, 0.6) is 5.75 Å². The molecule has 2 aliphatic heterocycles. The molecule has 37 heavy (non-hydrogen) atoms. The van der Waals surface area contributed by atoms with Gasteiger partial charge in [-0.2, -0.15) is 0 Å². The first-order valence-corrected chi connectivity index (χ1v) is 13.7. The summed E-state index contributed by atoms with van der Waals surface area (Å²) in [4.78, 5) is 19.8. The molecule has 5 nitrogen and oxygen atoms in total. The van der Waals surface area contributed by atoms with Gasteiger partial charge in [0.2, 0.25) is 5.91 Å². The molecule has 1 fully saturated rings. The van der Waals surface area contributed by atoms with Crippen LogP contribution in [-0.2, 0) is 17.8 Å². The lowest BCUT2D eigenvalue weighted by Crippen LogP contribution is -2.46. The fraction of sp³-hybridized carbons (Fsp3) is 0.406. The molecule has 1 unspecified atom stereocenters. The molecule has 3 aromatic rings. The number of carbonyl (C=O) groups excluding carboxylic acids is 1. The van der Waals surface area contributed by atoms with Crippen molar-refractivity contribution in [3.63, 3.8) is 0 Å². The quantitative estimate of drug-likeness (QED) is 0.380. The van der Waals surface area contributed by atoms with Crippen molar-refractivity contribution < 1.29 is 9.53 Å². The Morgan fingerprint density at radius 2 is 1.62 bits per heavy atom. The zero-order valence-corrected chi connectivity index (χ0v) is 22.2. The van der Waals surface area contributed by atoms with E-state index in [2.05, 4.69) is 72.2 Å². The van der Waals surface area contributed by atoms with Crippen LogP contribution in [0.25, 0.3) is 0 Å². The van der Waals surface area contributed by atoms with Crippen molar-refractivity contribution in [1.82, 2.24) is 4.90 Å². The second kappa shape index (κ2) is 11.8. The molecule has 0 aromatic heterocycles. The minimum Gasteiger partial charge on any atom is -0.493 e. The highest BCUT2D eigenvalue weighted by Gasteiger charge is 2.27. The molecular formula is C32H39N3O2. The number of carbonyl (C=O) groups is 1. The summed E-state index contributed by atoms with van der Waals surface area (Å²) in [5, 5.41) is 0. The number of hydrogen-bond acceptors (Lipinski definition) is 4. The van der Waals surface area contributed by atoms with Gasteiger partial charge in [-0.15, -0.1) is 0 Å². The Morgan fingerprint density at radius 1 is 0.865 bits per heavy atom. The minimum absolute atomic E-state index is 0.185. The molecule has 5 rings (SSSR count). The normalized spacial score (nSPS) is 17.0. The average molecular weight is 498 g/mol. The number of fused-ring (bicyclic) bond motifs is 1. The highest BCUT2D eigenvalue weighted by atomic mass is 16.5.